The first-order valence-electron chi connectivity index (χ1n) is 6.71. The van der Waals surface area contributed by atoms with Crippen LogP contribution in [-0.4, -0.2) is 57.4 Å². The van der Waals surface area contributed by atoms with Gasteiger partial charge >= 0.3 is 0 Å². The Morgan fingerprint density at radius 3 is 2.33 bits per heavy atom. The number of nitrogens with zero attached hydrogens (tertiary/aromatic N) is 1. The Labute approximate surface area is 110 Å². The van der Waals surface area contributed by atoms with Gasteiger partial charge in [-0.1, -0.05) is 6.42 Å². The quantitative estimate of drug-likeness (QED) is 0.727. The van der Waals surface area contributed by atoms with E-state index >= 15 is 0 Å². The molecule has 0 aromatic rings. The van der Waals surface area contributed by atoms with Crippen molar-refractivity contribution in [3.8, 4) is 0 Å². The van der Waals surface area contributed by atoms with Gasteiger partial charge in [-0.05, 0) is 19.3 Å². The second kappa shape index (κ2) is 8.45. The molecule has 0 radical (unpaired) electrons. The molecule has 1 saturated carbocycles. The van der Waals surface area contributed by atoms with Crippen molar-refractivity contribution in [2.75, 3.05) is 40.5 Å². The lowest BCUT2D eigenvalue weighted by molar-refractivity contribution is -0.138. The van der Waals surface area contributed by atoms with E-state index < -0.39 is 0 Å². The third-order valence-electron chi connectivity index (χ3n) is 3.51. The van der Waals surface area contributed by atoms with Gasteiger partial charge < -0.3 is 20.1 Å². The Kier molecular flexibility index (Phi) is 7.23. The molecule has 0 saturated heterocycles. The second-order valence-corrected chi connectivity index (χ2v) is 4.93. The summed E-state index contributed by atoms with van der Waals surface area (Å²) in [7, 11) is 3.30. The molecule has 0 aromatic heterocycles. The molecule has 5 heteroatoms. The average molecular weight is 258 g/mol. The van der Waals surface area contributed by atoms with Crippen LogP contribution in [-0.2, 0) is 14.3 Å². The first-order valence-corrected chi connectivity index (χ1v) is 6.71. The number of hydrogen-bond donors (Lipinski definition) is 1. The molecule has 0 aromatic carbocycles. The fourth-order valence-electron chi connectivity index (χ4n) is 2.45. The molecule has 1 rings (SSSR count). The minimum atomic E-state index is 0.0856. The lowest BCUT2D eigenvalue weighted by Crippen LogP contribution is -2.43. The van der Waals surface area contributed by atoms with Gasteiger partial charge in [-0.2, -0.15) is 0 Å². The molecule has 1 amide bonds. The van der Waals surface area contributed by atoms with Gasteiger partial charge in [-0.3, -0.25) is 4.79 Å². The molecule has 0 spiro atoms. The molecule has 1 aliphatic carbocycles. The van der Waals surface area contributed by atoms with E-state index in [1.165, 1.54) is 0 Å². The summed E-state index contributed by atoms with van der Waals surface area (Å²) in [6.45, 7) is 2.39. The number of methoxy groups -OCH3 is 2. The Morgan fingerprint density at radius 2 is 1.83 bits per heavy atom. The minimum Gasteiger partial charge on any atom is -0.383 e. The molecule has 2 unspecified atom stereocenters. The van der Waals surface area contributed by atoms with Gasteiger partial charge in [0, 0.05) is 39.3 Å². The van der Waals surface area contributed by atoms with Crippen molar-refractivity contribution < 1.29 is 14.3 Å². The largest absolute Gasteiger partial charge is 0.383 e. The van der Waals surface area contributed by atoms with Gasteiger partial charge in [0.05, 0.1) is 13.2 Å². The van der Waals surface area contributed by atoms with Crippen LogP contribution in [0.15, 0.2) is 0 Å². The Bertz CT molecular complexity index is 240. The number of nitrogens with two attached hydrogens (primary N) is 1. The van der Waals surface area contributed by atoms with Crippen molar-refractivity contribution in [1.82, 2.24) is 4.90 Å². The first-order chi connectivity index (χ1) is 8.69. The molecule has 2 atom stereocenters. The zero-order chi connectivity index (χ0) is 13.4. The molecule has 2 N–H and O–H groups in total. The van der Waals surface area contributed by atoms with Gasteiger partial charge in [0.15, 0.2) is 0 Å². The van der Waals surface area contributed by atoms with E-state index in [9.17, 15) is 4.79 Å². The zero-order valence-electron chi connectivity index (χ0n) is 11.6. The van der Waals surface area contributed by atoms with Gasteiger partial charge in [0.1, 0.15) is 0 Å². The van der Waals surface area contributed by atoms with Crippen LogP contribution < -0.4 is 5.73 Å². The predicted molar refractivity (Wildman–Crippen MR) is 70.3 cm³/mol. The third-order valence-corrected chi connectivity index (χ3v) is 3.51. The maximum atomic E-state index is 12.4. The van der Waals surface area contributed by atoms with Crippen LogP contribution in [0.2, 0.25) is 0 Å². The Hall–Kier alpha value is -0.650. The number of rotatable bonds is 7. The Morgan fingerprint density at radius 1 is 1.22 bits per heavy atom. The smallest absolute Gasteiger partial charge is 0.225 e. The molecular weight excluding hydrogens is 232 g/mol. The standard InChI is InChI=1S/C13H26N2O3/c1-17-8-6-15(7-9-18-2)13(16)11-4-3-5-12(14)10-11/h11-12H,3-10,14H2,1-2H3. The number of carbonyl (C=O) groups is 1. The van der Waals surface area contributed by atoms with E-state index in [0.29, 0.717) is 26.3 Å². The normalized spacial score (nSPS) is 23.9. The summed E-state index contributed by atoms with van der Waals surface area (Å²) in [5.74, 6) is 0.293. The van der Waals surface area contributed by atoms with Crippen LogP contribution in [0.3, 0.4) is 0 Å². The highest BCUT2D eigenvalue weighted by Crippen LogP contribution is 2.24. The van der Waals surface area contributed by atoms with E-state index in [1.54, 1.807) is 14.2 Å². The van der Waals surface area contributed by atoms with Crippen LogP contribution in [0.25, 0.3) is 0 Å². The molecule has 18 heavy (non-hydrogen) atoms. The van der Waals surface area contributed by atoms with Crippen molar-refractivity contribution in [2.24, 2.45) is 11.7 Å². The second-order valence-electron chi connectivity index (χ2n) is 4.93. The number of ether oxygens (including phenoxy) is 2. The summed E-state index contributed by atoms with van der Waals surface area (Å²) in [5.41, 5.74) is 5.94. The van der Waals surface area contributed by atoms with Crippen molar-refractivity contribution in [3.05, 3.63) is 0 Å². The molecule has 5 nitrogen and oxygen atoms in total. The maximum absolute atomic E-state index is 12.4. The van der Waals surface area contributed by atoms with Crippen LogP contribution >= 0.6 is 0 Å². The van der Waals surface area contributed by atoms with Crippen LogP contribution in [0.5, 0.6) is 0 Å². The monoisotopic (exact) mass is 258 g/mol. The van der Waals surface area contributed by atoms with Gasteiger partial charge in [0.25, 0.3) is 0 Å². The summed E-state index contributed by atoms with van der Waals surface area (Å²) >= 11 is 0. The van der Waals surface area contributed by atoms with Gasteiger partial charge in [0.2, 0.25) is 5.91 Å². The maximum Gasteiger partial charge on any atom is 0.225 e. The Balaban J connectivity index is 2.50. The van der Waals surface area contributed by atoms with E-state index in [2.05, 4.69) is 0 Å². The summed E-state index contributed by atoms with van der Waals surface area (Å²) in [6, 6.07) is 0.180. The molecule has 0 bridgehead atoms. The van der Waals surface area contributed by atoms with Gasteiger partial charge in [-0.15, -0.1) is 0 Å². The van der Waals surface area contributed by atoms with E-state index in [4.69, 9.17) is 15.2 Å². The highest BCUT2D eigenvalue weighted by atomic mass is 16.5. The van der Waals surface area contributed by atoms with E-state index in [-0.39, 0.29) is 17.9 Å². The van der Waals surface area contributed by atoms with Crippen LogP contribution in [0.4, 0.5) is 0 Å². The molecule has 106 valence electrons. The minimum absolute atomic E-state index is 0.0856. The molecular formula is C13H26N2O3. The predicted octanol–water partition coefficient (Wildman–Crippen LogP) is 0.625. The zero-order valence-corrected chi connectivity index (χ0v) is 11.6. The van der Waals surface area contributed by atoms with E-state index in [0.717, 1.165) is 25.7 Å². The average Bonchev–Trinajstić information content (AvgIpc) is 2.38. The lowest BCUT2D eigenvalue weighted by Gasteiger charge is -2.31. The SMILES string of the molecule is COCCN(CCOC)C(=O)C1CCCC(N)C1. The molecule has 1 aliphatic rings. The summed E-state index contributed by atoms with van der Waals surface area (Å²) in [4.78, 5) is 14.3. The fraction of sp³-hybridized carbons (Fsp3) is 0.923. The number of carbonyl (C=O) groups excluding carboxylic acids is 1. The third kappa shape index (κ3) is 4.92. The van der Waals surface area contributed by atoms with Crippen molar-refractivity contribution in [2.45, 2.75) is 31.7 Å². The highest BCUT2D eigenvalue weighted by Gasteiger charge is 2.28. The molecule has 0 aliphatic heterocycles. The van der Waals surface area contributed by atoms with Crippen molar-refractivity contribution in [3.63, 3.8) is 0 Å². The lowest BCUT2D eigenvalue weighted by atomic mass is 9.85. The van der Waals surface area contributed by atoms with Crippen molar-refractivity contribution in [1.29, 1.82) is 0 Å². The fourth-order valence-corrected chi connectivity index (χ4v) is 2.45. The van der Waals surface area contributed by atoms with Crippen LogP contribution in [0.1, 0.15) is 25.7 Å². The topological polar surface area (TPSA) is 64.8 Å². The summed E-state index contributed by atoms with van der Waals surface area (Å²) in [6.07, 6.45) is 3.87. The van der Waals surface area contributed by atoms with Crippen molar-refractivity contribution >= 4 is 5.91 Å². The van der Waals surface area contributed by atoms with E-state index in [1.807, 2.05) is 4.90 Å². The number of amides is 1. The molecule has 0 heterocycles. The summed E-state index contributed by atoms with van der Waals surface area (Å²) < 4.78 is 10.1. The summed E-state index contributed by atoms with van der Waals surface area (Å²) in [5, 5.41) is 0. The van der Waals surface area contributed by atoms with Gasteiger partial charge in [-0.25, -0.2) is 0 Å². The van der Waals surface area contributed by atoms with Crippen LogP contribution in [0, 0.1) is 5.92 Å². The highest BCUT2D eigenvalue weighted by molar-refractivity contribution is 5.79. The number of hydrogen-bond acceptors (Lipinski definition) is 4. The molecule has 1 fully saturated rings. The first kappa shape index (κ1) is 15.4.